The van der Waals surface area contributed by atoms with Crippen molar-refractivity contribution in [2.45, 2.75) is 45.7 Å². The summed E-state index contributed by atoms with van der Waals surface area (Å²) in [5.74, 6) is 0.953. The summed E-state index contributed by atoms with van der Waals surface area (Å²) in [5, 5.41) is 0. The van der Waals surface area contributed by atoms with E-state index < -0.39 is 0 Å². The third-order valence-corrected chi connectivity index (χ3v) is 3.72. The Labute approximate surface area is 114 Å². The molecule has 0 N–H and O–H groups in total. The van der Waals surface area contributed by atoms with Gasteiger partial charge in [-0.15, -0.1) is 0 Å². The van der Waals surface area contributed by atoms with E-state index in [-0.39, 0.29) is 12.0 Å². The highest BCUT2D eigenvalue weighted by molar-refractivity contribution is 5.75. The lowest BCUT2D eigenvalue weighted by molar-refractivity contribution is -0.150. The van der Waals surface area contributed by atoms with Crippen LogP contribution >= 0.6 is 0 Å². The fourth-order valence-corrected chi connectivity index (χ4v) is 2.64. The molecule has 1 aromatic rings. The van der Waals surface area contributed by atoms with E-state index in [9.17, 15) is 4.79 Å². The van der Waals surface area contributed by atoms with Gasteiger partial charge in [0.15, 0.2) is 0 Å². The van der Waals surface area contributed by atoms with Crippen molar-refractivity contribution in [3.8, 4) is 0 Å². The molecule has 0 aliphatic carbocycles. The van der Waals surface area contributed by atoms with Crippen LogP contribution in [0.25, 0.3) is 0 Å². The molecule has 0 amide bonds. The van der Waals surface area contributed by atoms with Gasteiger partial charge in [-0.1, -0.05) is 6.42 Å². The largest absolute Gasteiger partial charge is 0.465 e. The highest BCUT2D eigenvalue weighted by Crippen LogP contribution is 2.18. The van der Waals surface area contributed by atoms with Gasteiger partial charge < -0.3 is 9.30 Å². The first-order valence-electron chi connectivity index (χ1n) is 7.10. The first kappa shape index (κ1) is 14.1. The van der Waals surface area contributed by atoms with Crippen LogP contribution in [0.1, 0.15) is 32.0 Å². The molecule has 19 heavy (non-hydrogen) atoms. The van der Waals surface area contributed by atoms with Gasteiger partial charge in [0.1, 0.15) is 11.9 Å². The molecular formula is C14H23N3O2. The minimum Gasteiger partial charge on any atom is -0.465 e. The second kappa shape index (κ2) is 6.70. The van der Waals surface area contributed by atoms with Crippen LogP contribution in [-0.4, -0.2) is 46.2 Å². The monoisotopic (exact) mass is 265 g/mol. The summed E-state index contributed by atoms with van der Waals surface area (Å²) in [4.78, 5) is 18.4. The Hall–Kier alpha value is -1.36. The van der Waals surface area contributed by atoms with Crippen molar-refractivity contribution in [3.63, 3.8) is 0 Å². The van der Waals surface area contributed by atoms with E-state index in [4.69, 9.17) is 4.74 Å². The number of likely N-dealkylation sites (tertiary alicyclic amines) is 1. The van der Waals surface area contributed by atoms with Gasteiger partial charge in [-0.05, 0) is 33.2 Å². The Bertz CT molecular complexity index is 417. The molecule has 1 fully saturated rings. The van der Waals surface area contributed by atoms with Crippen LogP contribution < -0.4 is 0 Å². The minimum absolute atomic E-state index is 0.0578. The number of rotatable bonds is 5. The van der Waals surface area contributed by atoms with Crippen molar-refractivity contribution >= 4 is 5.97 Å². The number of nitrogens with zero attached hydrogens (tertiary/aromatic N) is 3. The lowest BCUT2D eigenvalue weighted by Crippen LogP contribution is -2.46. The maximum Gasteiger partial charge on any atom is 0.323 e. The van der Waals surface area contributed by atoms with Gasteiger partial charge in [-0.2, -0.15) is 0 Å². The van der Waals surface area contributed by atoms with Gasteiger partial charge in [0.2, 0.25) is 0 Å². The highest BCUT2D eigenvalue weighted by atomic mass is 16.5. The molecule has 5 heteroatoms. The Morgan fingerprint density at radius 3 is 3.00 bits per heavy atom. The van der Waals surface area contributed by atoms with Crippen LogP contribution in [0.4, 0.5) is 0 Å². The van der Waals surface area contributed by atoms with E-state index in [1.807, 2.05) is 26.2 Å². The van der Waals surface area contributed by atoms with Crippen LogP contribution in [0.5, 0.6) is 0 Å². The fourth-order valence-electron chi connectivity index (χ4n) is 2.64. The third kappa shape index (κ3) is 3.56. The summed E-state index contributed by atoms with van der Waals surface area (Å²) in [6.45, 7) is 7.06. The number of hydrogen-bond donors (Lipinski definition) is 0. The predicted molar refractivity (Wildman–Crippen MR) is 72.8 cm³/mol. The third-order valence-electron chi connectivity index (χ3n) is 3.72. The summed E-state index contributed by atoms with van der Waals surface area (Å²) in [6, 6.07) is -0.0578. The average Bonchev–Trinajstić information content (AvgIpc) is 2.82. The lowest BCUT2D eigenvalue weighted by atomic mass is 10.0. The van der Waals surface area contributed by atoms with E-state index >= 15 is 0 Å². The van der Waals surface area contributed by atoms with Gasteiger partial charge >= 0.3 is 5.97 Å². The zero-order valence-corrected chi connectivity index (χ0v) is 11.8. The van der Waals surface area contributed by atoms with Gasteiger partial charge in [0, 0.05) is 25.5 Å². The number of hydrogen-bond acceptors (Lipinski definition) is 4. The van der Waals surface area contributed by atoms with Crippen molar-refractivity contribution in [2.24, 2.45) is 0 Å². The molecule has 2 rings (SSSR count). The topological polar surface area (TPSA) is 47.4 Å². The zero-order chi connectivity index (χ0) is 13.7. The molecule has 1 atom stereocenters. The molecule has 1 aliphatic rings. The Morgan fingerprint density at radius 1 is 1.47 bits per heavy atom. The Kier molecular flexibility index (Phi) is 4.96. The molecule has 0 radical (unpaired) electrons. The quantitative estimate of drug-likeness (QED) is 0.759. The van der Waals surface area contributed by atoms with Crippen LogP contribution in [-0.2, 0) is 16.1 Å². The lowest BCUT2D eigenvalue weighted by Gasteiger charge is -2.34. The average molecular weight is 265 g/mol. The summed E-state index contributed by atoms with van der Waals surface area (Å²) in [5.41, 5.74) is 0. The van der Waals surface area contributed by atoms with Crippen LogP contribution in [0, 0.1) is 6.92 Å². The number of aromatic nitrogens is 2. The van der Waals surface area contributed by atoms with E-state index in [0.29, 0.717) is 6.61 Å². The van der Waals surface area contributed by atoms with Gasteiger partial charge in [-0.25, -0.2) is 4.98 Å². The second-order valence-electron chi connectivity index (χ2n) is 4.97. The molecule has 0 spiro atoms. The first-order chi connectivity index (χ1) is 9.22. The zero-order valence-electron chi connectivity index (χ0n) is 11.8. The molecule has 1 aromatic heterocycles. The SMILES string of the molecule is CCOC(=O)C1CCCCN1CCn1ccnc1C. The van der Waals surface area contributed by atoms with Crippen molar-refractivity contribution in [2.75, 3.05) is 19.7 Å². The van der Waals surface area contributed by atoms with E-state index in [2.05, 4.69) is 14.5 Å². The molecule has 1 saturated heterocycles. The number of piperidine rings is 1. The van der Waals surface area contributed by atoms with Crippen molar-refractivity contribution < 1.29 is 9.53 Å². The molecule has 0 saturated carbocycles. The number of aryl methyl sites for hydroxylation is 1. The number of ether oxygens (including phenoxy) is 1. The van der Waals surface area contributed by atoms with Crippen molar-refractivity contribution in [1.29, 1.82) is 0 Å². The smallest absolute Gasteiger partial charge is 0.323 e. The summed E-state index contributed by atoms with van der Waals surface area (Å²) in [7, 11) is 0. The molecule has 1 aliphatic heterocycles. The maximum atomic E-state index is 12.0. The molecule has 106 valence electrons. The normalized spacial score (nSPS) is 20.4. The van der Waals surface area contributed by atoms with E-state index in [0.717, 1.165) is 38.3 Å². The standard InChI is InChI=1S/C14H23N3O2/c1-3-19-14(18)13-6-4-5-8-17(13)11-10-16-9-7-15-12(16)2/h7,9,13H,3-6,8,10-11H2,1-2H3. The van der Waals surface area contributed by atoms with E-state index in [1.165, 1.54) is 6.42 Å². The Balaban J connectivity index is 1.92. The van der Waals surface area contributed by atoms with E-state index in [1.54, 1.807) is 0 Å². The Morgan fingerprint density at radius 2 is 2.32 bits per heavy atom. The molecule has 2 heterocycles. The number of carbonyl (C=O) groups is 1. The van der Waals surface area contributed by atoms with Crippen molar-refractivity contribution in [1.82, 2.24) is 14.5 Å². The molecular weight excluding hydrogens is 242 g/mol. The maximum absolute atomic E-state index is 12.0. The molecule has 1 unspecified atom stereocenters. The van der Waals surface area contributed by atoms with Crippen molar-refractivity contribution in [3.05, 3.63) is 18.2 Å². The number of imidazole rings is 1. The minimum atomic E-state index is -0.0652. The summed E-state index contributed by atoms with van der Waals surface area (Å²) in [6.07, 6.45) is 7.00. The van der Waals surface area contributed by atoms with Gasteiger partial charge in [0.05, 0.1) is 6.61 Å². The van der Waals surface area contributed by atoms with Crippen LogP contribution in [0.15, 0.2) is 12.4 Å². The molecule has 5 nitrogen and oxygen atoms in total. The number of carbonyl (C=O) groups excluding carboxylic acids is 1. The summed E-state index contributed by atoms with van der Waals surface area (Å²) >= 11 is 0. The number of esters is 1. The van der Waals surface area contributed by atoms with Crippen LogP contribution in [0.2, 0.25) is 0 Å². The van der Waals surface area contributed by atoms with Gasteiger partial charge in [0.25, 0.3) is 0 Å². The van der Waals surface area contributed by atoms with Gasteiger partial charge in [-0.3, -0.25) is 9.69 Å². The molecule has 0 bridgehead atoms. The summed E-state index contributed by atoms with van der Waals surface area (Å²) < 4.78 is 7.29. The highest BCUT2D eigenvalue weighted by Gasteiger charge is 2.29. The fraction of sp³-hybridized carbons (Fsp3) is 0.714. The van der Waals surface area contributed by atoms with Crippen LogP contribution in [0.3, 0.4) is 0 Å². The second-order valence-corrected chi connectivity index (χ2v) is 4.97. The first-order valence-corrected chi connectivity index (χ1v) is 7.10. The molecule has 0 aromatic carbocycles. The predicted octanol–water partition coefficient (Wildman–Crippen LogP) is 1.61.